The summed E-state index contributed by atoms with van der Waals surface area (Å²) in [6, 6.07) is 21.4. The SMILES string of the molecule is Cc1ccc(NC(=O)c2ccc(CNC3=C(Cl)C(=O)N(Cc4ccc(Cl)cc4)C3=O)cc2)cc1. The molecule has 1 aliphatic heterocycles. The summed E-state index contributed by atoms with van der Waals surface area (Å²) >= 11 is 12.1. The number of benzene rings is 3. The second-order valence-corrected chi connectivity index (χ2v) is 8.70. The van der Waals surface area contributed by atoms with Crippen LogP contribution in [0.3, 0.4) is 0 Å². The van der Waals surface area contributed by atoms with Gasteiger partial charge in [-0.3, -0.25) is 19.3 Å². The number of halogens is 2. The average Bonchev–Trinajstić information content (AvgIpc) is 3.03. The van der Waals surface area contributed by atoms with Crippen molar-refractivity contribution in [1.29, 1.82) is 0 Å². The monoisotopic (exact) mass is 493 g/mol. The summed E-state index contributed by atoms with van der Waals surface area (Å²) in [5, 5.41) is 6.24. The fourth-order valence-electron chi connectivity index (χ4n) is 3.42. The number of imide groups is 1. The topological polar surface area (TPSA) is 78.5 Å². The van der Waals surface area contributed by atoms with Crippen LogP contribution >= 0.6 is 23.2 Å². The van der Waals surface area contributed by atoms with Crippen molar-refractivity contribution in [1.82, 2.24) is 10.2 Å². The zero-order valence-corrected chi connectivity index (χ0v) is 19.8. The lowest BCUT2D eigenvalue weighted by atomic mass is 10.1. The van der Waals surface area contributed by atoms with Gasteiger partial charge in [0.2, 0.25) is 0 Å². The van der Waals surface area contributed by atoms with E-state index in [9.17, 15) is 14.4 Å². The zero-order chi connectivity index (χ0) is 24.2. The zero-order valence-electron chi connectivity index (χ0n) is 18.3. The Kier molecular flexibility index (Phi) is 7.01. The molecule has 172 valence electrons. The number of nitrogens with zero attached hydrogens (tertiary/aromatic N) is 1. The van der Waals surface area contributed by atoms with E-state index in [1.54, 1.807) is 48.5 Å². The number of hydrogen-bond donors (Lipinski definition) is 2. The van der Waals surface area contributed by atoms with E-state index in [1.807, 2.05) is 31.2 Å². The summed E-state index contributed by atoms with van der Waals surface area (Å²) < 4.78 is 0. The number of hydrogen-bond acceptors (Lipinski definition) is 4. The molecule has 0 saturated heterocycles. The normalized spacial score (nSPS) is 13.4. The molecule has 8 heteroatoms. The van der Waals surface area contributed by atoms with Crippen LogP contribution in [0, 0.1) is 6.92 Å². The molecule has 0 aromatic heterocycles. The maximum atomic E-state index is 12.8. The summed E-state index contributed by atoms with van der Waals surface area (Å²) in [6.07, 6.45) is 0. The number of nitrogens with one attached hydrogen (secondary N) is 2. The van der Waals surface area contributed by atoms with Crippen LogP contribution in [0.25, 0.3) is 0 Å². The van der Waals surface area contributed by atoms with Crippen LogP contribution in [0.1, 0.15) is 27.0 Å². The minimum absolute atomic E-state index is 0.0572. The highest BCUT2D eigenvalue weighted by atomic mass is 35.5. The maximum absolute atomic E-state index is 12.8. The Labute approximate surface area is 207 Å². The van der Waals surface area contributed by atoms with E-state index in [0.717, 1.165) is 27.3 Å². The van der Waals surface area contributed by atoms with Gasteiger partial charge in [0.1, 0.15) is 10.7 Å². The van der Waals surface area contributed by atoms with E-state index in [4.69, 9.17) is 23.2 Å². The standard InChI is InChI=1S/C26H21Cl2N3O3/c1-16-2-12-21(13-3-16)30-24(32)19-8-4-17(5-9-19)14-29-23-22(28)25(33)31(26(23)34)15-18-6-10-20(27)11-7-18/h2-13,29H,14-15H2,1H3,(H,30,32). The van der Waals surface area contributed by atoms with Crippen molar-refractivity contribution in [3.63, 3.8) is 0 Å². The molecule has 0 bridgehead atoms. The minimum atomic E-state index is -0.549. The van der Waals surface area contributed by atoms with Gasteiger partial charge in [-0.2, -0.15) is 0 Å². The van der Waals surface area contributed by atoms with Crippen molar-refractivity contribution in [3.8, 4) is 0 Å². The molecule has 0 atom stereocenters. The highest BCUT2D eigenvalue weighted by molar-refractivity contribution is 6.47. The Bertz CT molecular complexity index is 1270. The molecular weight excluding hydrogens is 473 g/mol. The molecule has 34 heavy (non-hydrogen) atoms. The van der Waals surface area contributed by atoms with Gasteiger partial charge in [0, 0.05) is 22.8 Å². The number of carbonyl (C=O) groups excluding carboxylic acids is 3. The minimum Gasteiger partial charge on any atom is -0.375 e. The molecule has 0 fully saturated rings. The van der Waals surface area contributed by atoms with Crippen LogP contribution in [0.2, 0.25) is 5.02 Å². The first kappa shape index (κ1) is 23.5. The lowest BCUT2D eigenvalue weighted by Gasteiger charge is -2.15. The Hall–Kier alpha value is -3.61. The molecule has 1 aliphatic rings. The molecule has 1 heterocycles. The van der Waals surface area contributed by atoms with Gasteiger partial charge in [-0.1, -0.05) is 65.2 Å². The van der Waals surface area contributed by atoms with Crippen molar-refractivity contribution in [3.05, 3.63) is 111 Å². The fraction of sp³-hybridized carbons (Fsp3) is 0.115. The van der Waals surface area contributed by atoms with Gasteiger partial charge in [0.15, 0.2) is 0 Å². The third-order valence-electron chi connectivity index (χ3n) is 5.36. The maximum Gasteiger partial charge on any atom is 0.278 e. The number of anilines is 1. The Morgan fingerprint density at radius 1 is 0.824 bits per heavy atom. The van der Waals surface area contributed by atoms with Gasteiger partial charge in [-0.15, -0.1) is 0 Å². The van der Waals surface area contributed by atoms with Crippen LogP contribution in [0.5, 0.6) is 0 Å². The molecule has 2 N–H and O–H groups in total. The second-order valence-electron chi connectivity index (χ2n) is 7.88. The molecular formula is C26H21Cl2N3O3. The van der Waals surface area contributed by atoms with E-state index in [-0.39, 0.29) is 29.7 Å². The van der Waals surface area contributed by atoms with Gasteiger partial charge in [-0.25, -0.2) is 0 Å². The van der Waals surface area contributed by atoms with E-state index >= 15 is 0 Å². The lowest BCUT2D eigenvalue weighted by Crippen LogP contribution is -2.33. The van der Waals surface area contributed by atoms with Crippen LogP contribution in [0.15, 0.2) is 83.5 Å². The number of carbonyl (C=O) groups is 3. The summed E-state index contributed by atoms with van der Waals surface area (Å²) in [7, 11) is 0. The third-order valence-corrected chi connectivity index (χ3v) is 5.96. The summed E-state index contributed by atoms with van der Waals surface area (Å²) in [5.74, 6) is -1.25. The van der Waals surface area contributed by atoms with Crippen molar-refractivity contribution >= 4 is 46.6 Å². The van der Waals surface area contributed by atoms with E-state index in [1.165, 1.54) is 0 Å². The van der Waals surface area contributed by atoms with E-state index in [0.29, 0.717) is 10.6 Å². The van der Waals surface area contributed by atoms with Crippen LogP contribution < -0.4 is 10.6 Å². The first-order valence-electron chi connectivity index (χ1n) is 10.5. The van der Waals surface area contributed by atoms with E-state index in [2.05, 4.69) is 10.6 Å². The average molecular weight is 494 g/mol. The predicted molar refractivity (Wildman–Crippen MR) is 132 cm³/mol. The van der Waals surface area contributed by atoms with Crippen LogP contribution in [-0.4, -0.2) is 22.6 Å². The molecule has 0 radical (unpaired) electrons. The quantitative estimate of drug-likeness (QED) is 0.453. The van der Waals surface area contributed by atoms with Crippen molar-refractivity contribution in [2.75, 3.05) is 5.32 Å². The van der Waals surface area contributed by atoms with Crippen molar-refractivity contribution in [2.24, 2.45) is 0 Å². The molecule has 3 aromatic carbocycles. The lowest BCUT2D eigenvalue weighted by molar-refractivity contribution is -0.138. The Balaban J connectivity index is 1.36. The molecule has 3 amide bonds. The van der Waals surface area contributed by atoms with Crippen molar-refractivity contribution < 1.29 is 14.4 Å². The summed E-state index contributed by atoms with van der Waals surface area (Å²) in [4.78, 5) is 38.8. The molecule has 3 aromatic rings. The highest BCUT2D eigenvalue weighted by Gasteiger charge is 2.37. The van der Waals surface area contributed by atoms with Crippen molar-refractivity contribution in [2.45, 2.75) is 20.0 Å². The smallest absolute Gasteiger partial charge is 0.278 e. The van der Waals surface area contributed by atoms with Crippen LogP contribution in [0.4, 0.5) is 5.69 Å². The number of rotatable bonds is 7. The third kappa shape index (κ3) is 5.30. The Morgan fingerprint density at radius 3 is 2.09 bits per heavy atom. The van der Waals surface area contributed by atoms with E-state index < -0.39 is 11.8 Å². The highest BCUT2D eigenvalue weighted by Crippen LogP contribution is 2.25. The first-order chi connectivity index (χ1) is 16.3. The molecule has 4 rings (SSSR count). The Morgan fingerprint density at radius 2 is 1.44 bits per heavy atom. The van der Waals surface area contributed by atoms with Gasteiger partial charge < -0.3 is 10.6 Å². The summed E-state index contributed by atoms with van der Waals surface area (Å²) in [6.45, 7) is 2.34. The largest absolute Gasteiger partial charge is 0.375 e. The number of amides is 3. The molecule has 0 aliphatic carbocycles. The second kappa shape index (κ2) is 10.1. The summed E-state index contributed by atoms with van der Waals surface area (Å²) in [5.41, 5.74) is 3.97. The molecule has 0 unspecified atom stereocenters. The molecule has 0 saturated carbocycles. The van der Waals surface area contributed by atoms with Gasteiger partial charge >= 0.3 is 0 Å². The van der Waals surface area contributed by atoms with Gasteiger partial charge in [0.25, 0.3) is 17.7 Å². The van der Waals surface area contributed by atoms with Crippen LogP contribution in [-0.2, 0) is 22.7 Å². The predicted octanol–water partition coefficient (Wildman–Crippen LogP) is 5.01. The van der Waals surface area contributed by atoms with Gasteiger partial charge in [-0.05, 0) is 54.4 Å². The molecule has 0 spiro atoms. The number of aryl methyl sites for hydroxylation is 1. The molecule has 6 nitrogen and oxygen atoms in total. The first-order valence-corrected chi connectivity index (χ1v) is 11.3. The van der Waals surface area contributed by atoms with Gasteiger partial charge in [0.05, 0.1) is 6.54 Å². The fourth-order valence-corrected chi connectivity index (χ4v) is 3.80.